The maximum absolute atomic E-state index is 11.6. The van der Waals surface area contributed by atoms with Gasteiger partial charge in [-0.3, -0.25) is 4.98 Å². The highest BCUT2D eigenvalue weighted by atomic mass is 32.1. The van der Waals surface area contributed by atoms with E-state index in [9.17, 15) is 15.2 Å². The Kier molecular flexibility index (Phi) is 5.46. The Morgan fingerprint density at radius 2 is 2.08 bits per heavy atom. The van der Waals surface area contributed by atoms with E-state index in [0.717, 1.165) is 5.56 Å². The van der Waals surface area contributed by atoms with Crippen molar-refractivity contribution in [1.29, 1.82) is 5.26 Å². The Morgan fingerprint density at radius 1 is 1.27 bits per heavy atom. The molecule has 1 N–H and O–H groups in total. The number of hydrogen-bond donors (Lipinski definition) is 1. The molecule has 0 saturated carbocycles. The minimum atomic E-state index is -1.19. The zero-order valence-electron chi connectivity index (χ0n) is 13.5. The quantitative estimate of drug-likeness (QED) is 0.684. The van der Waals surface area contributed by atoms with Gasteiger partial charge in [0.05, 0.1) is 5.56 Å². The molecule has 0 spiro atoms. The first-order valence-corrected chi connectivity index (χ1v) is 8.59. The van der Waals surface area contributed by atoms with E-state index in [1.807, 2.05) is 18.2 Å². The van der Waals surface area contributed by atoms with Crippen molar-refractivity contribution in [1.82, 2.24) is 4.98 Å². The second-order valence-electron chi connectivity index (χ2n) is 5.31. The summed E-state index contributed by atoms with van der Waals surface area (Å²) in [6.07, 6.45) is 2.15. The number of nitrogens with zero attached hydrogens (tertiary/aromatic N) is 2. The van der Waals surface area contributed by atoms with E-state index in [2.05, 4.69) is 4.98 Å². The van der Waals surface area contributed by atoms with Gasteiger partial charge in [0.1, 0.15) is 24.2 Å². The van der Waals surface area contributed by atoms with Crippen LogP contribution in [-0.2, 0) is 11.4 Å². The molecule has 1 unspecified atom stereocenters. The fourth-order valence-electron chi connectivity index (χ4n) is 2.24. The summed E-state index contributed by atoms with van der Waals surface area (Å²) >= 11 is 1.38. The van der Waals surface area contributed by atoms with Gasteiger partial charge in [0.2, 0.25) is 6.10 Å². The number of carbonyl (C=O) groups is 1. The molecule has 26 heavy (non-hydrogen) atoms. The molecule has 7 heteroatoms. The maximum Gasteiger partial charge on any atom is 0.349 e. The molecule has 2 heterocycles. The van der Waals surface area contributed by atoms with Crippen molar-refractivity contribution in [3.63, 3.8) is 0 Å². The molecule has 0 aliphatic heterocycles. The number of carboxylic acid groups (broad SMARTS) is 1. The highest BCUT2D eigenvalue weighted by Gasteiger charge is 2.24. The van der Waals surface area contributed by atoms with Crippen molar-refractivity contribution in [3.05, 3.63) is 76.2 Å². The maximum atomic E-state index is 11.6. The highest BCUT2D eigenvalue weighted by Crippen LogP contribution is 2.30. The first-order valence-electron chi connectivity index (χ1n) is 7.65. The van der Waals surface area contributed by atoms with Gasteiger partial charge in [-0.15, -0.1) is 0 Å². The molecule has 0 saturated heterocycles. The third-order valence-electron chi connectivity index (χ3n) is 3.54. The number of pyridine rings is 1. The van der Waals surface area contributed by atoms with Crippen LogP contribution in [-0.4, -0.2) is 16.1 Å². The van der Waals surface area contributed by atoms with Gasteiger partial charge in [-0.1, -0.05) is 0 Å². The predicted molar refractivity (Wildman–Crippen MR) is 95.0 cm³/mol. The van der Waals surface area contributed by atoms with Crippen LogP contribution in [0.2, 0.25) is 0 Å². The van der Waals surface area contributed by atoms with Gasteiger partial charge >= 0.3 is 5.97 Å². The molecule has 0 amide bonds. The van der Waals surface area contributed by atoms with Crippen LogP contribution in [0, 0.1) is 11.3 Å². The SMILES string of the molecule is N#Cc1ccc(OCc2ccncc2)cc1OC(C(=O)O)c1ccsc1. The van der Waals surface area contributed by atoms with Crippen molar-refractivity contribution in [2.45, 2.75) is 12.7 Å². The van der Waals surface area contributed by atoms with Crippen molar-refractivity contribution in [2.75, 3.05) is 0 Å². The van der Waals surface area contributed by atoms with Crippen LogP contribution in [0.15, 0.2) is 59.6 Å². The second kappa shape index (κ2) is 8.14. The van der Waals surface area contributed by atoms with Crippen LogP contribution in [0.1, 0.15) is 22.8 Å². The molecule has 1 aromatic carbocycles. The molecule has 3 rings (SSSR count). The fraction of sp³-hybridized carbons (Fsp3) is 0.105. The zero-order valence-corrected chi connectivity index (χ0v) is 14.3. The fourth-order valence-corrected chi connectivity index (χ4v) is 2.91. The number of ether oxygens (including phenoxy) is 2. The molecular weight excluding hydrogens is 352 g/mol. The number of hydrogen-bond acceptors (Lipinski definition) is 6. The summed E-state index contributed by atoms with van der Waals surface area (Å²) in [5, 5.41) is 22.2. The van der Waals surface area contributed by atoms with Crippen molar-refractivity contribution >= 4 is 17.3 Å². The summed E-state index contributed by atoms with van der Waals surface area (Å²) in [4.78, 5) is 15.5. The zero-order chi connectivity index (χ0) is 18.4. The van der Waals surface area contributed by atoms with Gasteiger partial charge < -0.3 is 14.6 Å². The van der Waals surface area contributed by atoms with E-state index in [1.165, 1.54) is 17.4 Å². The normalized spacial score (nSPS) is 11.3. The summed E-state index contributed by atoms with van der Waals surface area (Å²) in [5.74, 6) is -0.487. The van der Waals surface area contributed by atoms with Crippen LogP contribution in [0.25, 0.3) is 0 Å². The number of thiophene rings is 1. The van der Waals surface area contributed by atoms with Crippen LogP contribution < -0.4 is 9.47 Å². The second-order valence-corrected chi connectivity index (χ2v) is 6.09. The summed E-state index contributed by atoms with van der Waals surface area (Å²) in [6, 6.07) is 12.1. The Bertz CT molecular complexity index is 920. The molecule has 130 valence electrons. The monoisotopic (exact) mass is 366 g/mol. The molecule has 6 nitrogen and oxygen atoms in total. The first kappa shape index (κ1) is 17.5. The lowest BCUT2D eigenvalue weighted by atomic mass is 10.1. The van der Waals surface area contributed by atoms with E-state index in [4.69, 9.17) is 9.47 Å². The van der Waals surface area contributed by atoms with Crippen molar-refractivity contribution in [3.8, 4) is 17.6 Å². The molecule has 0 aliphatic carbocycles. The van der Waals surface area contributed by atoms with E-state index in [0.29, 0.717) is 17.9 Å². The van der Waals surface area contributed by atoms with Gasteiger partial charge in [0.15, 0.2) is 0 Å². The lowest BCUT2D eigenvalue weighted by Gasteiger charge is -2.16. The van der Waals surface area contributed by atoms with Gasteiger partial charge in [-0.25, -0.2) is 4.79 Å². The average molecular weight is 366 g/mol. The number of benzene rings is 1. The van der Waals surface area contributed by atoms with Gasteiger partial charge in [-0.2, -0.15) is 16.6 Å². The summed E-state index contributed by atoms with van der Waals surface area (Å²) in [6.45, 7) is 0.320. The summed E-state index contributed by atoms with van der Waals surface area (Å²) < 4.78 is 11.3. The first-order chi connectivity index (χ1) is 12.7. The standard InChI is InChI=1S/C19H14N2O4S/c20-10-14-1-2-16(24-11-13-3-6-21-7-4-13)9-17(14)25-18(19(22)23)15-5-8-26-12-15/h1-9,12,18H,11H2,(H,22,23). The number of nitriles is 1. The minimum Gasteiger partial charge on any atom is -0.489 e. The number of aliphatic carboxylic acids is 1. The molecule has 0 radical (unpaired) electrons. The molecule has 0 fully saturated rings. The number of rotatable bonds is 7. The van der Waals surface area contributed by atoms with Gasteiger partial charge in [0, 0.05) is 24.0 Å². The van der Waals surface area contributed by atoms with Crippen LogP contribution >= 0.6 is 11.3 Å². The lowest BCUT2D eigenvalue weighted by Crippen LogP contribution is -2.18. The Morgan fingerprint density at radius 3 is 2.73 bits per heavy atom. The van der Waals surface area contributed by atoms with Gasteiger partial charge in [0.25, 0.3) is 0 Å². The Hall–Kier alpha value is -3.37. The molecule has 0 aliphatic rings. The van der Waals surface area contributed by atoms with Crippen molar-refractivity contribution in [2.24, 2.45) is 0 Å². The lowest BCUT2D eigenvalue weighted by molar-refractivity contribution is -0.145. The Balaban J connectivity index is 1.81. The number of aromatic nitrogens is 1. The smallest absolute Gasteiger partial charge is 0.349 e. The molecule has 2 aromatic heterocycles. The van der Waals surface area contributed by atoms with Crippen LogP contribution in [0.5, 0.6) is 11.5 Å². The third-order valence-corrected chi connectivity index (χ3v) is 4.24. The topological polar surface area (TPSA) is 92.4 Å². The van der Waals surface area contributed by atoms with Crippen molar-refractivity contribution < 1.29 is 19.4 Å². The van der Waals surface area contributed by atoms with Crippen LogP contribution in [0.4, 0.5) is 0 Å². The summed E-state index contributed by atoms with van der Waals surface area (Å²) in [5.41, 5.74) is 1.70. The number of carboxylic acids is 1. The van der Waals surface area contributed by atoms with E-state index in [1.54, 1.807) is 41.4 Å². The van der Waals surface area contributed by atoms with E-state index in [-0.39, 0.29) is 11.3 Å². The largest absolute Gasteiger partial charge is 0.489 e. The van der Waals surface area contributed by atoms with E-state index < -0.39 is 12.1 Å². The summed E-state index contributed by atoms with van der Waals surface area (Å²) in [7, 11) is 0. The third kappa shape index (κ3) is 4.18. The van der Waals surface area contributed by atoms with E-state index >= 15 is 0 Å². The molecule has 1 atom stereocenters. The molecular formula is C19H14N2O4S. The molecule has 0 bridgehead atoms. The predicted octanol–water partition coefficient (Wildman–Crippen LogP) is 3.80. The highest BCUT2D eigenvalue weighted by molar-refractivity contribution is 7.08. The molecule has 3 aromatic rings. The van der Waals surface area contributed by atoms with Crippen LogP contribution in [0.3, 0.4) is 0 Å². The van der Waals surface area contributed by atoms with Gasteiger partial charge in [-0.05, 0) is 46.7 Å². The minimum absolute atomic E-state index is 0.165. The average Bonchev–Trinajstić information content (AvgIpc) is 3.19. The Labute approximate surface area is 153 Å².